The Morgan fingerprint density at radius 2 is 2.37 bits per heavy atom. The lowest BCUT2D eigenvalue weighted by Crippen LogP contribution is -2.45. The summed E-state index contributed by atoms with van der Waals surface area (Å²) in [6.07, 6.45) is 3.93. The number of nitrogens with zero attached hydrogens (tertiary/aromatic N) is 3. The number of fused-ring (bicyclic) bond motifs is 1. The highest BCUT2D eigenvalue weighted by atomic mass is 16.1. The predicted octanol–water partition coefficient (Wildman–Crippen LogP) is 0.520. The summed E-state index contributed by atoms with van der Waals surface area (Å²) in [5.74, 6) is 0.743. The van der Waals surface area contributed by atoms with E-state index in [-0.39, 0.29) is 11.9 Å². The summed E-state index contributed by atoms with van der Waals surface area (Å²) >= 11 is 0. The summed E-state index contributed by atoms with van der Waals surface area (Å²) in [5.41, 5.74) is 1.40. The molecule has 0 spiro atoms. The molecule has 1 atom stereocenters. The standard InChI is InChI=1S/C13H17N5O/c1-9-16-17-12-5-4-10(8-18(9)12)13(19)15-11-3-2-6-14-7-11/h4-5,8,11,14H,2-3,6-7H2,1H3,(H,15,19)/t11-/m0/s1. The quantitative estimate of drug-likeness (QED) is 0.825. The predicted molar refractivity (Wildman–Crippen MR) is 71.1 cm³/mol. The van der Waals surface area contributed by atoms with Gasteiger partial charge >= 0.3 is 0 Å². The molecule has 2 aromatic rings. The Hall–Kier alpha value is -1.95. The van der Waals surface area contributed by atoms with E-state index < -0.39 is 0 Å². The largest absolute Gasteiger partial charge is 0.348 e. The van der Waals surface area contributed by atoms with E-state index in [2.05, 4.69) is 20.8 Å². The van der Waals surface area contributed by atoms with E-state index in [1.807, 2.05) is 17.4 Å². The summed E-state index contributed by atoms with van der Waals surface area (Å²) in [6.45, 7) is 3.75. The fourth-order valence-corrected chi connectivity index (χ4v) is 2.38. The van der Waals surface area contributed by atoms with Crippen molar-refractivity contribution in [2.75, 3.05) is 13.1 Å². The van der Waals surface area contributed by atoms with E-state index in [0.29, 0.717) is 5.56 Å². The van der Waals surface area contributed by atoms with Crippen LogP contribution in [0.15, 0.2) is 18.3 Å². The number of hydrogen-bond acceptors (Lipinski definition) is 4. The minimum atomic E-state index is -0.0382. The summed E-state index contributed by atoms with van der Waals surface area (Å²) < 4.78 is 1.83. The Kier molecular flexibility index (Phi) is 3.16. The van der Waals surface area contributed by atoms with Crippen LogP contribution in [0.2, 0.25) is 0 Å². The van der Waals surface area contributed by atoms with E-state index in [1.165, 1.54) is 0 Å². The van der Waals surface area contributed by atoms with Crippen molar-refractivity contribution in [3.05, 3.63) is 29.7 Å². The van der Waals surface area contributed by atoms with Gasteiger partial charge in [-0.2, -0.15) is 0 Å². The highest BCUT2D eigenvalue weighted by Gasteiger charge is 2.16. The van der Waals surface area contributed by atoms with Crippen molar-refractivity contribution < 1.29 is 4.79 Å². The van der Waals surface area contributed by atoms with Crippen molar-refractivity contribution in [2.45, 2.75) is 25.8 Å². The van der Waals surface area contributed by atoms with E-state index in [0.717, 1.165) is 37.4 Å². The van der Waals surface area contributed by atoms with Crippen LogP contribution in [0, 0.1) is 6.92 Å². The average Bonchev–Trinajstić information content (AvgIpc) is 2.81. The maximum atomic E-state index is 12.2. The zero-order valence-electron chi connectivity index (χ0n) is 10.9. The fourth-order valence-electron chi connectivity index (χ4n) is 2.38. The Balaban J connectivity index is 1.78. The number of piperidine rings is 1. The maximum absolute atomic E-state index is 12.2. The van der Waals surface area contributed by atoms with Gasteiger partial charge in [-0.1, -0.05) is 0 Å². The minimum Gasteiger partial charge on any atom is -0.348 e. The van der Waals surface area contributed by atoms with E-state index >= 15 is 0 Å². The summed E-state index contributed by atoms with van der Waals surface area (Å²) in [5, 5.41) is 14.3. The number of pyridine rings is 1. The minimum absolute atomic E-state index is 0.0382. The number of rotatable bonds is 2. The molecule has 0 unspecified atom stereocenters. The topological polar surface area (TPSA) is 71.3 Å². The summed E-state index contributed by atoms with van der Waals surface area (Å²) in [4.78, 5) is 12.2. The number of hydrogen-bond donors (Lipinski definition) is 2. The van der Waals surface area contributed by atoms with Crippen LogP contribution >= 0.6 is 0 Å². The third kappa shape index (κ3) is 2.44. The first kappa shape index (κ1) is 12.1. The number of carbonyl (C=O) groups is 1. The third-order valence-corrected chi connectivity index (χ3v) is 3.47. The molecule has 6 heteroatoms. The molecule has 3 heterocycles. The molecule has 1 fully saturated rings. The number of aryl methyl sites for hydroxylation is 1. The van der Waals surface area contributed by atoms with Crippen molar-refractivity contribution in [1.82, 2.24) is 25.2 Å². The number of nitrogens with one attached hydrogen (secondary N) is 2. The molecule has 1 amide bonds. The Labute approximate surface area is 111 Å². The van der Waals surface area contributed by atoms with Crippen molar-refractivity contribution in [3.8, 4) is 0 Å². The van der Waals surface area contributed by atoms with Crippen LogP contribution in [-0.4, -0.2) is 39.6 Å². The van der Waals surface area contributed by atoms with Gasteiger partial charge in [0.05, 0.1) is 5.56 Å². The maximum Gasteiger partial charge on any atom is 0.253 e. The second-order valence-electron chi connectivity index (χ2n) is 4.91. The van der Waals surface area contributed by atoms with Gasteiger partial charge in [-0.3, -0.25) is 9.20 Å². The first-order valence-electron chi connectivity index (χ1n) is 6.57. The molecule has 100 valence electrons. The van der Waals surface area contributed by atoms with Crippen LogP contribution in [0.4, 0.5) is 0 Å². The highest BCUT2D eigenvalue weighted by Crippen LogP contribution is 2.08. The van der Waals surface area contributed by atoms with Gasteiger partial charge in [0.15, 0.2) is 5.65 Å². The van der Waals surface area contributed by atoms with E-state index in [1.54, 1.807) is 12.3 Å². The van der Waals surface area contributed by atoms with Crippen LogP contribution in [0.1, 0.15) is 29.0 Å². The van der Waals surface area contributed by atoms with E-state index in [9.17, 15) is 4.79 Å². The SMILES string of the molecule is Cc1nnc2ccc(C(=O)N[C@H]3CCCNC3)cn12. The van der Waals surface area contributed by atoms with Crippen LogP contribution in [-0.2, 0) is 0 Å². The molecule has 1 aliphatic heterocycles. The third-order valence-electron chi connectivity index (χ3n) is 3.47. The molecule has 3 rings (SSSR count). The van der Waals surface area contributed by atoms with E-state index in [4.69, 9.17) is 0 Å². The van der Waals surface area contributed by atoms with Crippen LogP contribution in [0.3, 0.4) is 0 Å². The zero-order chi connectivity index (χ0) is 13.2. The van der Waals surface area contributed by atoms with Crippen molar-refractivity contribution in [3.63, 3.8) is 0 Å². The molecule has 6 nitrogen and oxygen atoms in total. The zero-order valence-corrected chi connectivity index (χ0v) is 10.9. The van der Waals surface area contributed by atoms with Crippen molar-refractivity contribution >= 4 is 11.6 Å². The van der Waals surface area contributed by atoms with Gasteiger partial charge in [0.1, 0.15) is 5.82 Å². The molecule has 0 bridgehead atoms. The van der Waals surface area contributed by atoms with Gasteiger partial charge in [0.2, 0.25) is 0 Å². The lowest BCUT2D eigenvalue weighted by molar-refractivity contribution is 0.0930. The fraction of sp³-hybridized carbons (Fsp3) is 0.462. The molecule has 0 saturated carbocycles. The second kappa shape index (κ2) is 4.97. The average molecular weight is 259 g/mol. The van der Waals surface area contributed by atoms with Crippen molar-refractivity contribution in [1.29, 1.82) is 0 Å². The van der Waals surface area contributed by atoms with Gasteiger partial charge in [-0.05, 0) is 38.4 Å². The van der Waals surface area contributed by atoms with Gasteiger partial charge < -0.3 is 10.6 Å². The first-order valence-corrected chi connectivity index (χ1v) is 6.57. The molecule has 0 aliphatic carbocycles. The lowest BCUT2D eigenvalue weighted by Gasteiger charge is -2.23. The van der Waals surface area contributed by atoms with Gasteiger partial charge in [-0.25, -0.2) is 0 Å². The Morgan fingerprint density at radius 1 is 1.47 bits per heavy atom. The molecule has 1 saturated heterocycles. The molecule has 0 radical (unpaired) electrons. The first-order chi connectivity index (χ1) is 9.24. The molecular formula is C13H17N5O. The Morgan fingerprint density at radius 3 is 3.16 bits per heavy atom. The smallest absolute Gasteiger partial charge is 0.253 e. The second-order valence-corrected chi connectivity index (χ2v) is 4.91. The molecule has 2 aromatic heterocycles. The van der Waals surface area contributed by atoms with Crippen LogP contribution in [0.25, 0.3) is 5.65 Å². The van der Waals surface area contributed by atoms with Gasteiger partial charge in [0.25, 0.3) is 5.91 Å². The summed E-state index contributed by atoms with van der Waals surface area (Å²) in [6, 6.07) is 3.82. The van der Waals surface area contributed by atoms with Crippen LogP contribution < -0.4 is 10.6 Å². The van der Waals surface area contributed by atoms with Gasteiger partial charge in [-0.15, -0.1) is 10.2 Å². The monoisotopic (exact) mass is 259 g/mol. The molecule has 0 aromatic carbocycles. The highest BCUT2D eigenvalue weighted by molar-refractivity contribution is 5.94. The summed E-state index contributed by atoms with van der Waals surface area (Å²) in [7, 11) is 0. The number of carbonyl (C=O) groups excluding carboxylic acids is 1. The van der Waals surface area contributed by atoms with Crippen LogP contribution in [0.5, 0.6) is 0 Å². The van der Waals surface area contributed by atoms with Gasteiger partial charge in [0, 0.05) is 18.8 Å². The number of aromatic nitrogens is 3. The molecule has 2 N–H and O–H groups in total. The lowest BCUT2D eigenvalue weighted by atomic mass is 10.1. The van der Waals surface area contributed by atoms with Crippen molar-refractivity contribution in [2.24, 2.45) is 0 Å². The number of amides is 1. The molecule has 19 heavy (non-hydrogen) atoms. The Bertz CT molecular complexity index is 600. The molecule has 1 aliphatic rings. The normalized spacial score (nSPS) is 19.5. The molecular weight excluding hydrogens is 242 g/mol.